The van der Waals surface area contributed by atoms with Gasteiger partial charge in [0.05, 0.1) is 17.7 Å². The summed E-state index contributed by atoms with van der Waals surface area (Å²) < 4.78 is 0. The van der Waals surface area contributed by atoms with Gasteiger partial charge in [-0.05, 0) is 35.9 Å². The minimum atomic E-state index is -1.16. The number of hydrogen-bond acceptors (Lipinski definition) is 4. The smallest absolute Gasteiger partial charge is 0.335 e. The Labute approximate surface area is 120 Å². The number of carboxylic acid groups (broad SMARTS) is 1. The van der Waals surface area contributed by atoms with E-state index >= 15 is 0 Å². The zero-order valence-electron chi connectivity index (χ0n) is 10.9. The Morgan fingerprint density at radius 2 is 1.81 bits per heavy atom. The number of hydrogen-bond donors (Lipinski definition) is 4. The number of benzene rings is 2. The minimum Gasteiger partial charge on any atom is -0.508 e. The van der Waals surface area contributed by atoms with Gasteiger partial charge in [0.15, 0.2) is 0 Å². The first-order valence-electron chi connectivity index (χ1n) is 6.10. The molecule has 0 bridgehead atoms. The quantitative estimate of drug-likeness (QED) is 0.643. The second kappa shape index (κ2) is 5.96. The van der Waals surface area contributed by atoms with E-state index in [9.17, 15) is 19.8 Å². The maximum atomic E-state index is 11.8. The molecule has 0 heterocycles. The summed E-state index contributed by atoms with van der Waals surface area (Å²) in [5, 5.41) is 30.3. The molecule has 4 N–H and O–H groups in total. The number of carbonyl (C=O) groups excluding carboxylic acids is 1. The Kier molecular flexibility index (Phi) is 4.08. The van der Waals surface area contributed by atoms with Crippen LogP contribution in [0.5, 0.6) is 11.5 Å². The van der Waals surface area contributed by atoms with E-state index in [1.807, 2.05) is 0 Å². The summed E-state index contributed by atoms with van der Waals surface area (Å²) in [5.41, 5.74) is 0.678. The predicted molar refractivity (Wildman–Crippen MR) is 75.5 cm³/mol. The molecule has 0 aromatic heterocycles. The number of phenolic OH excluding ortho intramolecular Hbond substituents is 2. The number of phenols is 2. The van der Waals surface area contributed by atoms with Gasteiger partial charge < -0.3 is 20.6 Å². The van der Waals surface area contributed by atoms with Crippen molar-refractivity contribution in [2.45, 2.75) is 6.42 Å². The lowest BCUT2D eigenvalue weighted by Gasteiger charge is -2.08. The first-order valence-corrected chi connectivity index (χ1v) is 6.10. The van der Waals surface area contributed by atoms with Crippen molar-refractivity contribution in [3.8, 4) is 11.5 Å². The van der Waals surface area contributed by atoms with Crippen molar-refractivity contribution < 1.29 is 24.9 Å². The summed E-state index contributed by atoms with van der Waals surface area (Å²) in [4.78, 5) is 22.6. The van der Waals surface area contributed by atoms with Gasteiger partial charge in [0.2, 0.25) is 5.91 Å². The number of amides is 1. The van der Waals surface area contributed by atoms with Gasteiger partial charge >= 0.3 is 5.97 Å². The summed E-state index contributed by atoms with van der Waals surface area (Å²) in [6, 6.07) is 9.94. The molecule has 0 aliphatic rings. The maximum Gasteiger partial charge on any atom is 0.335 e. The van der Waals surface area contributed by atoms with Gasteiger partial charge in [-0.3, -0.25) is 4.79 Å². The molecule has 0 aliphatic carbocycles. The Balaban J connectivity index is 2.08. The zero-order valence-corrected chi connectivity index (χ0v) is 10.9. The highest BCUT2D eigenvalue weighted by Crippen LogP contribution is 2.24. The molecular weight excluding hydrogens is 274 g/mol. The third-order valence-corrected chi connectivity index (χ3v) is 2.79. The third-order valence-electron chi connectivity index (χ3n) is 2.79. The number of anilines is 1. The van der Waals surface area contributed by atoms with Gasteiger partial charge in [-0.1, -0.05) is 12.1 Å². The Morgan fingerprint density at radius 3 is 2.43 bits per heavy atom. The summed E-state index contributed by atoms with van der Waals surface area (Å²) >= 11 is 0. The molecule has 0 atom stereocenters. The molecule has 0 unspecified atom stereocenters. The zero-order chi connectivity index (χ0) is 15.4. The highest BCUT2D eigenvalue weighted by molar-refractivity contribution is 5.95. The van der Waals surface area contributed by atoms with Crippen molar-refractivity contribution in [2.24, 2.45) is 0 Å². The SMILES string of the molecule is O=C(Cc1cccc(O)c1)Nc1ccc(C(=O)O)cc1O. The van der Waals surface area contributed by atoms with E-state index in [2.05, 4.69) is 5.32 Å². The number of aromatic carboxylic acids is 1. The van der Waals surface area contributed by atoms with Crippen LogP contribution in [0.1, 0.15) is 15.9 Å². The van der Waals surface area contributed by atoms with E-state index in [1.165, 1.54) is 24.3 Å². The van der Waals surface area contributed by atoms with Crippen LogP contribution in [0.15, 0.2) is 42.5 Å². The largest absolute Gasteiger partial charge is 0.508 e. The van der Waals surface area contributed by atoms with Crippen LogP contribution in [-0.4, -0.2) is 27.2 Å². The van der Waals surface area contributed by atoms with Crippen molar-refractivity contribution in [1.29, 1.82) is 0 Å². The lowest BCUT2D eigenvalue weighted by Crippen LogP contribution is -2.14. The molecule has 0 fully saturated rings. The second-order valence-corrected chi connectivity index (χ2v) is 4.43. The molecule has 108 valence electrons. The summed E-state index contributed by atoms with van der Waals surface area (Å²) in [5.74, 6) is -1.81. The molecule has 21 heavy (non-hydrogen) atoms. The van der Waals surface area contributed by atoms with Gasteiger partial charge in [0, 0.05) is 0 Å². The van der Waals surface area contributed by atoms with E-state index in [1.54, 1.807) is 12.1 Å². The number of carbonyl (C=O) groups is 2. The normalized spacial score (nSPS) is 10.1. The highest BCUT2D eigenvalue weighted by atomic mass is 16.4. The number of nitrogens with one attached hydrogen (secondary N) is 1. The fourth-order valence-corrected chi connectivity index (χ4v) is 1.82. The standard InChI is InChI=1S/C15H13NO5/c17-11-3-1-2-9(6-11)7-14(19)16-12-5-4-10(15(20)21)8-13(12)18/h1-6,8,17-18H,7H2,(H,16,19)(H,20,21). The fraction of sp³-hybridized carbons (Fsp3) is 0.0667. The molecule has 0 aliphatic heterocycles. The average Bonchev–Trinajstić information content (AvgIpc) is 2.40. The van der Waals surface area contributed by atoms with E-state index < -0.39 is 5.97 Å². The summed E-state index contributed by atoms with van der Waals surface area (Å²) in [6.07, 6.45) is 0.0223. The van der Waals surface area contributed by atoms with Crippen LogP contribution in [-0.2, 0) is 11.2 Å². The highest BCUT2D eigenvalue weighted by Gasteiger charge is 2.10. The van der Waals surface area contributed by atoms with Crippen molar-refractivity contribution >= 4 is 17.6 Å². The lowest BCUT2D eigenvalue weighted by molar-refractivity contribution is -0.115. The van der Waals surface area contributed by atoms with Gasteiger partial charge in [-0.25, -0.2) is 4.79 Å². The van der Waals surface area contributed by atoms with Crippen molar-refractivity contribution in [3.63, 3.8) is 0 Å². The molecule has 2 aromatic rings. The van der Waals surface area contributed by atoms with Crippen LogP contribution in [0.2, 0.25) is 0 Å². The van der Waals surface area contributed by atoms with Crippen LogP contribution in [0, 0.1) is 0 Å². The van der Waals surface area contributed by atoms with E-state index in [0.717, 1.165) is 6.07 Å². The molecule has 0 saturated carbocycles. The van der Waals surface area contributed by atoms with Crippen LogP contribution in [0.25, 0.3) is 0 Å². The van der Waals surface area contributed by atoms with Crippen LogP contribution < -0.4 is 5.32 Å². The molecule has 1 amide bonds. The Morgan fingerprint density at radius 1 is 1.05 bits per heavy atom. The summed E-state index contributed by atoms with van der Waals surface area (Å²) in [7, 11) is 0. The van der Waals surface area contributed by atoms with Crippen molar-refractivity contribution in [3.05, 3.63) is 53.6 Å². The van der Waals surface area contributed by atoms with E-state index in [-0.39, 0.29) is 35.1 Å². The van der Waals surface area contributed by atoms with Crippen LogP contribution >= 0.6 is 0 Å². The summed E-state index contributed by atoms with van der Waals surface area (Å²) in [6.45, 7) is 0. The number of aromatic hydroxyl groups is 2. The van der Waals surface area contributed by atoms with E-state index in [0.29, 0.717) is 5.56 Å². The van der Waals surface area contributed by atoms with Gasteiger partial charge in [-0.15, -0.1) is 0 Å². The molecule has 0 radical (unpaired) electrons. The average molecular weight is 287 g/mol. The topological polar surface area (TPSA) is 107 Å². The first-order chi connectivity index (χ1) is 9.95. The monoisotopic (exact) mass is 287 g/mol. The number of carboxylic acids is 1. The molecule has 2 rings (SSSR count). The van der Waals surface area contributed by atoms with Crippen LogP contribution in [0.4, 0.5) is 5.69 Å². The number of rotatable bonds is 4. The van der Waals surface area contributed by atoms with Gasteiger partial charge in [0.1, 0.15) is 11.5 Å². The van der Waals surface area contributed by atoms with E-state index in [4.69, 9.17) is 5.11 Å². The Bertz CT molecular complexity index is 696. The van der Waals surface area contributed by atoms with Crippen molar-refractivity contribution in [2.75, 3.05) is 5.32 Å². The fourth-order valence-electron chi connectivity index (χ4n) is 1.82. The molecular formula is C15H13NO5. The maximum absolute atomic E-state index is 11.8. The molecule has 6 heteroatoms. The third kappa shape index (κ3) is 3.73. The molecule has 0 spiro atoms. The minimum absolute atomic E-state index is 0.0223. The Hall–Kier alpha value is -3.02. The first kappa shape index (κ1) is 14.4. The van der Waals surface area contributed by atoms with Crippen LogP contribution in [0.3, 0.4) is 0 Å². The second-order valence-electron chi connectivity index (χ2n) is 4.43. The predicted octanol–water partition coefficient (Wildman–Crippen LogP) is 1.98. The van der Waals surface area contributed by atoms with Gasteiger partial charge in [-0.2, -0.15) is 0 Å². The molecule has 6 nitrogen and oxygen atoms in total. The molecule has 0 saturated heterocycles. The lowest BCUT2D eigenvalue weighted by atomic mass is 10.1. The molecule has 2 aromatic carbocycles. The van der Waals surface area contributed by atoms with Gasteiger partial charge in [0.25, 0.3) is 0 Å². The van der Waals surface area contributed by atoms with Crippen molar-refractivity contribution in [1.82, 2.24) is 0 Å².